The zero-order chi connectivity index (χ0) is 14.0. The highest BCUT2D eigenvalue weighted by Gasteiger charge is 2.27. The van der Waals surface area contributed by atoms with Crippen molar-refractivity contribution in [1.82, 2.24) is 15.1 Å². The molecule has 3 unspecified atom stereocenters. The second-order valence-electron chi connectivity index (χ2n) is 6.40. The summed E-state index contributed by atoms with van der Waals surface area (Å²) >= 11 is 0. The highest BCUT2D eigenvalue weighted by molar-refractivity contribution is 5.25. The molecule has 0 spiro atoms. The predicted octanol–water partition coefficient (Wildman–Crippen LogP) is 2.99. The van der Waals surface area contributed by atoms with Crippen LogP contribution in [0, 0.1) is 25.7 Å². The largest absolute Gasteiger partial charge is 0.316 e. The van der Waals surface area contributed by atoms with Crippen molar-refractivity contribution in [2.75, 3.05) is 7.05 Å². The average Bonchev–Trinajstić information content (AvgIpc) is 2.61. The molecule has 1 aliphatic carbocycles. The van der Waals surface area contributed by atoms with Crippen molar-refractivity contribution in [3.63, 3.8) is 0 Å². The van der Waals surface area contributed by atoms with Gasteiger partial charge >= 0.3 is 0 Å². The molecule has 1 N–H and O–H groups in total. The molecule has 0 radical (unpaired) electrons. The van der Waals surface area contributed by atoms with Crippen molar-refractivity contribution in [2.45, 2.75) is 58.9 Å². The molecule has 0 bridgehead atoms. The fraction of sp³-hybridized carbons (Fsp3) is 0.812. The van der Waals surface area contributed by atoms with Gasteiger partial charge in [-0.1, -0.05) is 19.8 Å². The molecule has 3 nitrogen and oxygen atoms in total. The fourth-order valence-electron chi connectivity index (χ4n) is 3.68. The van der Waals surface area contributed by atoms with Crippen LogP contribution in [0.2, 0.25) is 0 Å². The topological polar surface area (TPSA) is 29.9 Å². The van der Waals surface area contributed by atoms with Crippen LogP contribution in [-0.4, -0.2) is 22.9 Å². The van der Waals surface area contributed by atoms with Gasteiger partial charge in [0.25, 0.3) is 0 Å². The molecule has 0 saturated heterocycles. The van der Waals surface area contributed by atoms with Gasteiger partial charge in [0.05, 0.1) is 5.69 Å². The first kappa shape index (κ1) is 14.6. The van der Waals surface area contributed by atoms with Crippen molar-refractivity contribution in [2.24, 2.45) is 18.9 Å². The molecule has 1 heterocycles. The molecule has 0 aromatic carbocycles. The average molecular weight is 263 g/mol. The van der Waals surface area contributed by atoms with Gasteiger partial charge in [-0.25, -0.2) is 0 Å². The lowest BCUT2D eigenvalue weighted by Gasteiger charge is -2.33. The number of rotatable bonds is 4. The lowest BCUT2D eigenvalue weighted by molar-refractivity contribution is 0.227. The van der Waals surface area contributed by atoms with Gasteiger partial charge in [0, 0.05) is 18.8 Å². The van der Waals surface area contributed by atoms with Crippen molar-refractivity contribution in [1.29, 1.82) is 0 Å². The summed E-state index contributed by atoms with van der Waals surface area (Å²) in [7, 11) is 4.16. The Bertz CT molecular complexity index is 422. The second-order valence-corrected chi connectivity index (χ2v) is 6.40. The molecule has 108 valence electrons. The first-order chi connectivity index (χ1) is 9.02. The Labute approximate surface area is 117 Å². The summed E-state index contributed by atoms with van der Waals surface area (Å²) in [5.74, 6) is 1.72. The number of hydrogen-bond donors (Lipinski definition) is 1. The Morgan fingerprint density at radius 1 is 1.37 bits per heavy atom. The van der Waals surface area contributed by atoms with Gasteiger partial charge in [-0.05, 0) is 57.6 Å². The molecule has 1 fully saturated rings. The molecule has 1 aromatic heterocycles. The Morgan fingerprint density at radius 3 is 2.63 bits per heavy atom. The van der Waals surface area contributed by atoms with E-state index in [2.05, 4.69) is 38.2 Å². The van der Waals surface area contributed by atoms with Crippen LogP contribution < -0.4 is 5.32 Å². The van der Waals surface area contributed by atoms with Crippen LogP contribution >= 0.6 is 0 Å². The third-order valence-electron chi connectivity index (χ3n) is 5.00. The van der Waals surface area contributed by atoms with Gasteiger partial charge in [0.2, 0.25) is 0 Å². The Morgan fingerprint density at radius 2 is 2.11 bits per heavy atom. The van der Waals surface area contributed by atoms with E-state index >= 15 is 0 Å². The number of likely N-dealkylation sites (N-methyl/N-ethyl adjacent to an activating group) is 1. The van der Waals surface area contributed by atoms with Crippen LogP contribution in [0.15, 0.2) is 0 Å². The molecule has 2 rings (SSSR count). The van der Waals surface area contributed by atoms with Crippen molar-refractivity contribution >= 4 is 0 Å². The number of nitrogens with one attached hydrogen (secondary N) is 1. The maximum atomic E-state index is 4.55. The minimum Gasteiger partial charge on any atom is -0.316 e. The van der Waals surface area contributed by atoms with Crippen LogP contribution in [0.25, 0.3) is 0 Å². The first-order valence-electron chi connectivity index (χ1n) is 7.69. The summed E-state index contributed by atoms with van der Waals surface area (Å²) in [6.07, 6.45) is 6.70. The summed E-state index contributed by atoms with van der Waals surface area (Å²) in [6, 6.07) is 0.601. The van der Waals surface area contributed by atoms with E-state index in [9.17, 15) is 0 Å². The molecule has 3 heteroatoms. The molecular weight excluding hydrogens is 234 g/mol. The van der Waals surface area contributed by atoms with Gasteiger partial charge < -0.3 is 5.32 Å². The predicted molar refractivity (Wildman–Crippen MR) is 80.4 cm³/mol. The number of nitrogens with zero attached hydrogens (tertiary/aromatic N) is 2. The number of aryl methyl sites for hydroxylation is 2. The number of aromatic nitrogens is 2. The van der Waals surface area contributed by atoms with Crippen LogP contribution in [-0.2, 0) is 13.5 Å². The van der Waals surface area contributed by atoms with Crippen molar-refractivity contribution < 1.29 is 0 Å². The van der Waals surface area contributed by atoms with Gasteiger partial charge in [-0.3, -0.25) is 4.68 Å². The van der Waals surface area contributed by atoms with E-state index in [1.54, 1.807) is 0 Å². The quantitative estimate of drug-likeness (QED) is 0.905. The van der Waals surface area contributed by atoms with Crippen LogP contribution in [0.4, 0.5) is 0 Å². The molecule has 1 aromatic rings. The summed E-state index contributed by atoms with van der Waals surface area (Å²) in [5, 5.41) is 8.11. The summed E-state index contributed by atoms with van der Waals surface area (Å²) in [6.45, 7) is 6.73. The van der Waals surface area contributed by atoms with E-state index in [1.807, 2.05) is 11.7 Å². The van der Waals surface area contributed by atoms with E-state index in [0.717, 1.165) is 18.3 Å². The summed E-state index contributed by atoms with van der Waals surface area (Å²) < 4.78 is 2.01. The zero-order valence-corrected chi connectivity index (χ0v) is 13.2. The first-order valence-corrected chi connectivity index (χ1v) is 7.69. The third kappa shape index (κ3) is 3.19. The zero-order valence-electron chi connectivity index (χ0n) is 13.2. The molecule has 1 saturated carbocycles. The van der Waals surface area contributed by atoms with Crippen LogP contribution in [0.3, 0.4) is 0 Å². The SMILES string of the molecule is CNC(Cc1c(C)nn(C)c1C)C1CCCC(C)C1. The smallest absolute Gasteiger partial charge is 0.0628 e. The Balaban J connectivity index is 2.10. The lowest BCUT2D eigenvalue weighted by Crippen LogP contribution is -2.38. The molecule has 0 amide bonds. The Hall–Kier alpha value is -0.830. The number of hydrogen-bond acceptors (Lipinski definition) is 2. The van der Waals surface area contributed by atoms with Crippen LogP contribution in [0.5, 0.6) is 0 Å². The maximum absolute atomic E-state index is 4.55. The summed E-state index contributed by atoms with van der Waals surface area (Å²) in [4.78, 5) is 0. The van der Waals surface area contributed by atoms with E-state index < -0.39 is 0 Å². The molecular formula is C16H29N3. The molecule has 0 aliphatic heterocycles. The highest BCUT2D eigenvalue weighted by Crippen LogP contribution is 2.32. The van der Waals surface area contributed by atoms with Gasteiger partial charge in [0.15, 0.2) is 0 Å². The van der Waals surface area contributed by atoms with Crippen LogP contribution in [0.1, 0.15) is 49.6 Å². The third-order valence-corrected chi connectivity index (χ3v) is 5.00. The van der Waals surface area contributed by atoms with E-state index in [-0.39, 0.29) is 0 Å². The van der Waals surface area contributed by atoms with Gasteiger partial charge in [-0.15, -0.1) is 0 Å². The van der Waals surface area contributed by atoms with Gasteiger partial charge in [0.1, 0.15) is 0 Å². The maximum Gasteiger partial charge on any atom is 0.0628 e. The van der Waals surface area contributed by atoms with Gasteiger partial charge in [-0.2, -0.15) is 5.10 Å². The van der Waals surface area contributed by atoms with Crippen molar-refractivity contribution in [3.05, 3.63) is 17.0 Å². The normalized spacial score (nSPS) is 25.5. The van der Waals surface area contributed by atoms with E-state index in [0.29, 0.717) is 6.04 Å². The monoisotopic (exact) mass is 263 g/mol. The minimum absolute atomic E-state index is 0.601. The highest BCUT2D eigenvalue weighted by atomic mass is 15.3. The Kier molecular flexibility index (Phi) is 4.67. The fourth-order valence-corrected chi connectivity index (χ4v) is 3.68. The standard InChI is InChI=1S/C16H29N3/c1-11-7-6-8-14(9-11)16(17-4)10-15-12(2)18-19(5)13(15)3/h11,14,16-17H,6-10H2,1-5H3. The molecule has 19 heavy (non-hydrogen) atoms. The second kappa shape index (κ2) is 6.08. The molecule has 3 atom stereocenters. The summed E-state index contributed by atoms with van der Waals surface area (Å²) in [5.41, 5.74) is 3.96. The minimum atomic E-state index is 0.601. The van der Waals surface area contributed by atoms with Crippen molar-refractivity contribution in [3.8, 4) is 0 Å². The molecule has 1 aliphatic rings. The van der Waals surface area contributed by atoms with E-state index in [1.165, 1.54) is 42.6 Å². The lowest BCUT2D eigenvalue weighted by atomic mass is 9.77. The van der Waals surface area contributed by atoms with E-state index in [4.69, 9.17) is 0 Å².